The maximum atomic E-state index is 13.3. The SMILES string of the molecule is COc1ccc([C@H]2Oc3ccccc3C(=O)N2c2ccc(OC)cc2)cc1. The fourth-order valence-corrected chi connectivity index (χ4v) is 3.14. The van der Waals surface area contributed by atoms with Crippen molar-refractivity contribution in [3.05, 3.63) is 83.9 Å². The van der Waals surface area contributed by atoms with Gasteiger partial charge in [0.2, 0.25) is 6.23 Å². The summed E-state index contributed by atoms with van der Waals surface area (Å²) in [5.74, 6) is 1.94. The first-order valence-corrected chi connectivity index (χ1v) is 8.58. The van der Waals surface area contributed by atoms with Gasteiger partial charge in [0.25, 0.3) is 5.91 Å². The van der Waals surface area contributed by atoms with Crippen molar-refractivity contribution in [1.82, 2.24) is 0 Å². The van der Waals surface area contributed by atoms with E-state index in [0.717, 1.165) is 22.7 Å². The highest BCUT2D eigenvalue weighted by Gasteiger charge is 2.35. The van der Waals surface area contributed by atoms with Crippen molar-refractivity contribution in [2.24, 2.45) is 0 Å². The van der Waals surface area contributed by atoms with E-state index in [4.69, 9.17) is 14.2 Å². The lowest BCUT2D eigenvalue weighted by atomic mass is 10.1. The number of para-hydroxylation sites is 1. The molecule has 0 unspecified atom stereocenters. The Hall–Kier alpha value is -3.47. The van der Waals surface area contributed by atoms with E-state index in [9.17, 15) is 4.79 Å². The molecule has 5 nitrogen and oxygen atoms in total. The molecule has 0 aliphatic carbocycles. The first-order chi connectivity index (χ1) is 13.2. The summed E-state index contributed by atoms with van der Waals surface area (Å²) in [5, 5.41) is 0. The smallest absolute Gasteiger partial charge is 0.265 e. The Morgan fingerprint density at radius 1 is 0.815 bits per heavy atom. The molecule has 3 aromatic rings. The Labute approximate surface area is 157 Å². The Bertz CT molecular complexity index is 951. The average Bonchev–Trinajstić information content (AvgIpc) is 2.74. The summed E-state index contributed by atoms with van der Waals surface area (Å²) in [6.45, 7) is 0. The summed E-state index contributed by atoms with van der Waals surface area (Å²) in [6, 6.07) is 22.2. The molecule has 4 rings (SSSR count). The summed E-state index contributed by atoms with van der Waals surface area (Å²) < 4.78 is 16.7. The molecule has 0 fully saturated rings. The number of rotatable bonds is 4. The van der Waals surface area contributed by atoms with Gasteiger partial charge in [0.1, 0.15) is 17.2 Å². The van der Waals surface area contributed by atoms with E-state index >= 15 is 0 Å². The zero-order valence-electron chi connectivity index (χ0n) is 15.1. The van der Waals surface area contributed by atoms with Crippen LogP contribution >= 0.6 is 0 Å². The predicted octanol–water partition coefficient (Wildman–Crippen LogP) is 4.44. The van der Waals surface area contributed by atoms with Crippen LogP contribution in [0.3, 0.4) is 0 Å². The van der Waals surface area contributed by atoms with Crippen molar-refractivity contribution >= 4 is 11.6 Å². The van der Waals surface area contributed by atoms with Gasteiger partial charge in [-0.25, -0.2) is 0 Å². The van der Waals surface area contributed by atoms with E-state index in [1.807, 2.05) is 66.7 Å². The van der Waals surface area contributed by atoms with Crippen molar-refractivity contribution in [3.63, 3.8) is 0 Å². The van der Waals surface area contributed by atoms with E-state index in [0.29, 0.717) is 11.3 Å². The van der Waals surface area contributed by atoms with Gasteiger partial charge < -0.3 is 14.2 Å². The van der Waals surface area contributed by atoms with Gasteiger partial charge in [0.15, 0.2) is 0 Å². The van der Waals surface area contributed by atoms with Crippen molar-refractivity contribution in [2.45, 2.75) is 6.23 Å². The molecule has 1 amide bonds. The predicted molar refractivity (Wildman–Crippen MR) is 103 cm³/mol. The van der Waals surface area contributed by atoms with Crippen molar-refractivity contribution in [3.8, 4) is 17.2 Å². The summed E-state index contributed by atoms with van der Waals surface area (Å²) in [6.07, 6.45) is -0.577. The van der Waals surface area contributed by atoms with Gasteiger partial charge in [-0.1, -0.05) is 12.1 Å². The van der Waals surface area contributed by atoms with Crippen molar-refractivity contribution < 1.29 is 19.0 Å². The molecule has 27 heavy (non-hydrogen) atoms. The minimum absolute atomic E-state index is 0.108. The number of hydrogen-bond donors (Lipinski definition) is 0. The van der Waals surface area contributed by atoms with Crippen LogP contribution in [0.4, 0.5) is 5.69 Å². The second kappa shape index (κ2) is 7.03. The quantitative estimate of drug-likeness (QED) is 0.689. The Balaban J connectivity index is 1.80. The number of amides is 1. The van der Waals surface area contributed by atoms with Crippen LogP contribution in [0.2, 0.25) is 0 Å². The third-order valence-electron chi connectivity index (χ3n) is 4.56. The first kappa shape index (κ1) is 17.0. The molecule has 5 heteroatoms. The van der Waals surface area contributed by atoms with Crippen LogP contribution in [0.25, 0.3) is 0 Å². The Kier molecular flexibility index (Phi) is 4.42. The highest BCUT2D eigenvalue weighted by Crippen LogP contribution is 2.39. The van der Waals surface area contributed by atoms with Gasteiger partial charge in [-0.3, -0.25) is 9.69 Å². The largest absolute Gasteiger partial charge is 0.497 e. The molecule has 1 aliphatic rings. The lowest BCUT2D eigenvalue weighted by molar-refractivity contribution is 0.0857. The number of nitrogens with zero attached hydrogens (tertiary/aromatic N) is 1. The van der Waals surface area contributed by atoms with Crippen LogP contribution in [0.15, 0.2) is 72.8 Å². The lowest BCUT2D eigenvalue weighted by Gasteiger charge is -2.37. The van der Waals surface area contributed by atoms with Crippen LogP contribution < -0.4 is 19.1 Å². The van der Waals surface area contributed by atoms with E-state index in [-0.39, 0.29) is 5.91 Å². The summed E-state index contributed by atoms with van der Waals surface area (Å²) in [5.41, 5.74) is 2.13. The highest BCUT2D eigenvalue weighted by molar-refractivity contribution is 6.09. The minimum atomic E-state index is -0.577. The molecular weight excluding hydrogens is 342 g/mol. The van der Waals surface area contributed by atoms with Gasteiger partial charge >= 0.3 is 0 Å². The molecule has 136 valence electrons. The molecule has 0 N–H and O–H groups in total. The number of carbonyl (C=O) groups is 1. The monoisotopic (exact) mass is 361 g/mol. The maximum Gasteiger partial charge on any atom is 0.265 e. The third kappa shape index (κ3) is 3.08. The highest BCUT2D eigenvalue weighted by atomic mass is 16.5. The fraction of sp³-hybridized carbons (Fsp3) is 0.136. The van der Waals surface area contributed by atoms with Gasteiger partial charge in [-0.05, 0) is 60.7 Å². The number of ether oxygens (including phenoxy) is 3. The van der Waals surface area contributed by atoms with Crippen molar-refractivity contribution in [1.29, 1.82) is 0 Å². The first-order valence-electron chi connectivity index (χ1n) is 8.58. The summed E-state index contributed by atoms with van der Waals surface area (Å²) >= 11 is 0. The van der Waals surface area contributed by atoms with Gasteiger partial charge in [-0.2, -0.15) is 0 Å². The van der Waals surface area contributed by atoms with Crippen LogP contribution in [0, 0.1) is 0 Å². The molecule has 0 saturated heterocycles. The molecular formula is C22H19NO4. The van der Waals surface area contributed by atoms with E-state index < -0.39 is 6.23 Å². The van der Waals surface area contributed by atoms with Gasteiger partial charge in [-0.15, -0.1) is 0 Å². The van der Waals surface area contributed by atoms with Crippen LogP contribution in [0.5, 0.6) is 17.2 Å². The molecule has 0 spiro atoms. The number of fused-ring (bicyclic) bond motifs is 1. The molecule has 1 atom stereocenters. The average molecular weight is 361 g/mol. The van der Waals surface area contributed by atoms with E-state index in [2.05, 4.69) is 0 Å². The zero-order chi connectivity index (χ0) is 18.8. The fourth-order valence-electron chi connectivity index (χ4n) is 3.14. The number of hydrogen-bond acceptors (Lipinski definition) is 4. The topological polar surface area (TPSA) is 48.0 Å². The maximum absolute atomic E-state index is 13.3. The van der Waals surface area contributed by atoms with Crippen LogP contribution in [-0.2, 0) is 0 Å². The number of anilines is 1. The molecule has 3 aromatic carbocycles. The third-order valence-corrected chi connectivity index (χ3v) is 4.56. The standard InChI is InChI=1S/C22H19NO4/c1-25-17-11-7-15(8-12-17)22-23(16-9-13-18(26-2)14-10-16)21(24)19-5-3-4-6-20(19)27-22/h3-14,22H,1-2H3/t22-/m1/s1. The molecule has 0 aromatic heterocycles. The number of benzene rings is 3. The zero-order valence-corrected chi connectivity index (χ0v) is 15.1. The Morgan fingerprint density at radius 2 is 1.41 bits per heavy atom. The minimum Gasteiger partial charge on any atom is -0.497 e. The van der Waals surface area contributed by atoms with Crippen molar-refractivity contribution in [2.75, 3.05) is 19.1 Å². The number of carbonyl (C=O) groups excluding carboxylic acids is 1. The second-order valence-electron chi connectivity index (χ2n) is 6.11. The lowest BCUT2D eigenvalue weighted by Crippen LogP contribution is -2.41. The van der Waals surface area contributed by atoms with Gasteiger partial charge in [0, 0.05) is 11.3 Å². The Morgan fingerprint density at radius 3 is 2.04 bits per heavy atom. The molecule has 0 radical (unpaired) electrons. The molecule has 0 saturated carbocycles. The molecule has 0 bridgehead atoms. The summed E-state index contributed by atoms with van der Waals surface area (Å²) in [4.78, 5) is 14.9. The second-order valence-corrected chi connectivity index (χ2v) is 6.11. The van der Waals surface area contributed by atoms with Crippen LogP contribution in [-0.4, -0.2) is 20.1 Å². The molecule has 1 aliphatic heterocycles. The van der Waals surface area contributed by atoms with E-state index in [1.165, 1.54) is 0 Å². The van der Waals surface area contributed by atoms with Crippen LogP contribution in [0.1, 0.15) is 22.1 Å². The summed E-state index contributed by atoms with van der Waals surface area (Å²) in [7, 11) is 3.23. The van der Waals surface area contributed by atoms with Gasteiger partial charge in [0.05, 0.1) is 19.8 Å². The molecule has 1 heterocycles. The normalized spacial score (nSPS) is 15.7. The number of methoxy groups -OCH3 is 2. The van der Waals surface area contributed by atoms with E-state index in [1.54, 1.807) is 25.2 Å².